The van der Waals surface area contributed by atoms with Gasteiger partial charge >= 0.3 is 5.97 Å². The van der Waals surface area contributed by atoms with Crippen LogP contribution in [0.3, 0.4) is 0 Å². The van der Waals surface area contributed by atoms with Gasteiger partial charge in [-0.1, -0.05) is 13.8 Å². The van der Waals surface area contributed by atoms with Gasteiger partial charge in [0.1, 0.15) is 6.04 Å². The number of carbonyl (C=O) groups is 1. The van der Waals surface area contributed by atoms with Crippen molar-refractivity contribution >= 4 is 5.97 Å². The van der Waals surface area contributed by atoms with E-state index in [1.165, 1.54) is 0 Å². The van der Waals surface area contributed by atoms with Crippen molar-refractivity contribution in [1.29, 1.82) is 0 Å². The van der Waals surface area contributed by atoms with Gasteiger partial charge in [0.2, 0.25) is 0 Å². The second-order valence-corrected chi connectivity index (χ2v) is 2.57. The number of nitrogens with two attached hydrogens (primary N) is 1. The molecule has 0 heterocycles. The summed E-state index contributed by atoms with van der Waals surface area (Å²) in [6.07, 6.45) is 0.551. The Kier molecular flexibility index (Phi) is 3.24. The average molecular weight is 132 g/mol. The van der Waals surface area contributed by atoms with Gasteiger partial charge in [0.25, 0.3) is 0 Å². The standard InChI is InChI=1S/C6H13NO2/c1-4(2)3-5(7)6(8)9/h4-5H,3,7H2,1-2H3,(H,8,9)/t5-/m0/s1/i1+1/t4?,5-. The lowest BCUT2D eigenvalue weighted by molar-refractivity contribution is -0.138. The van der Waals surface area contributed by atoms with Gasteiger partial charge in [-0.25, -0.2) is 0 Å². The van der Waals surface area contributed by atoms with Crippen LogP contribution in [-0.2, 0) is 4.79 Å². The molecule has 2 atom stereocenters. The zero-order valence-corrected chi connectivity index (χ0v) is 5.79. The van der Waals surface area contributed by atoms with Crippen LogP contribution >= 0.6 is 0 Å². The summed E-state index contributed by atoms with van der Waals surface area (Å²) in [4.78, 5) is 10.1. The molecule has 1 unspecified atom stereocenters. The zero-order valence-electron chi connectivity index (χ0n) is 5.79. The molecule has 54 valence electrons. The minimum Gasteiger partial charge on any atom is -0.480 e. The van der Waals surface area contributed by atoms with Crippen LogP contribution in [-0.4, -0.2) is 17.1 Å². The number of carboxylic acid groups (broad SMARTS) is 1. The highest BCUT2D eigenvalue weighted by Gasteiger charge is 2.11. The van der Waals surface area contributed by atoms with Crippen molar-refractivity contribution in [2.24, 2.45) is 11.7 Å². The molecule has 0 saturated carbocycles. The molecule has 0 aliphatic rings. The summed E-state index contributed by atoms with van der Waals surface area (Å²) in [5, 5.41) is 8.31. The summed E-state index contributed by atoms with van der Waals surface area (Å²) in [5.41, 5.74) is 5.22. The van der Waals surface area contributed by atoms with Gasteiger partial charge in [-0.15, -0.1) is 0 Å². The predicted molar refractivity (Wildman–Crippen MR) is 35.1 cm³/mol. The second-order valence-electron chi connectivity index (χ2n) is 2.57. The van der Waals surface area contributed by atoms with Crippen LogP contribution in [0.25, 0.3) is 0 Å². The zero-order chi connectivity index (χ0) is 7.44. The van der Waals surface area contributed by atoms with Crippen LogP contribution in [0.4, 0.5) is 0 Å². The molecule has 0 aromatic rings. The highest BCUT2D eigenvalue weighted by Crippen LogP contribution is 2.01. The van der Waals surface area contributed by atoms with Crippen molar-refractivity contribution in [3.63, 3.8) is 0 Å². The SMILES string of the molecule is CC([13CH3])C[C@H](N)C(=O)O. The van der Waals surface area contributed by atoms with Crippen molar-refractivity contribution in [2.45, 2.75) is 26.3 Å². The molecular weight excluding hydrogens is 119 g/mol. The smallest absolute Gasteiger partial charge is 0.320 e. The lowest BCUT2D eigenvalue weighted by atomic mass is 10.1. The fourth-order valence-electron chi connectivity index (χ4n) is 0.609. The molecular formula is C6H13NO2. The Morgan fingerprint density at radius 1 is 1.67 bits per heavy atom. The molecule has 0 amide bonds. The maximum atomic E-state index is 10.1. The number of hydrogen-bond donors (Lipinski definition) is 2. The Hall–Kier alpha value is -0.570. The molecule has 0 aromatic heterocycles. The third-order valence-electron chi connectivity index (χ3n) is 1.04. The third kappa shape index (κ3) is 3.97. The number of carboxylic acids is 1. The normalized spacial score (nSPS) is 16.8. The molecule has 3 nitrogen and oxygen atoms in total. The highest BCUT2D eigenvalue weighted by atomic mass is 16.4. The van der Waals surface area contributed by atoms with E-state index in [4.69, 9.17) is 10.8 Å². The molecule has 9 heavy (non-hydrogen) atoms. The highest BCUT2D eigenvalue weighted by molar-refractivity contribution is 5.72. The molecule has 3 heteroatoms. The molecule has 0 rings (SSSR count). The summed E-state index contributed by atoms with van der Waals surface area (Å²) in [6.45, 7) is 3.89. The molecule has 0 radical (unpaired) electrons. The first-order chi connectivity index (χ1) is 4.04. The molecule has 0 aliphatic heterocycles. The van der Waals surface area contributed by atoms with E-state index in [2.05, 4.69) is 0 Å². The first kappa shape index (κ1) is 8.43. The number of rotatable bonds is 3. The maximum Gasteiger partial charge on any atom is 0.320 e. The van der Waals surface area contributed by atoms with Crippen molar-refractivity contribution in [3.05, 3.63) is 0 Å². The van der Waals surface area contributed by atoms with Crippen molar-refractivity contribution in [3.8, 4) is 0 Å². The minimum atomic E-state index is -0.913. The van der Waals surface area contributed by atoms with Gasteiger partial charge in [0.15, 0.2) is 0 Å². The summed E-state index contributed by atoms with van der Waals surface area (Å²) in [6, 6.07) is -0.690. The van der Waals surface area contributed by atoms with E-state index in [9.17, 15) is 4.79 Å². The lowest BCUT2D eigenvalue weighted by Gasteiger charge is -2.07. The summed E-state index contributed by atoms with van der Waals surface area (Å²) < 4.78 is 0. The molecule has 3 N–H and O–H groups in total. The predicted octanol–water partition coefficient (Wildman–Crippen LogP) is 0.444. The monoisotopic (exact) mass is 132 g/mol. The van der Waals surface area contributed by atoms with E-state index in [0.29, 0.717) is 12.3 Å². The summed E-state index contributed by atoms with van der Waals surface area (Å²) >= 11 is 0. The largest absolute Gasteiger partial charge is 0.480 e. The fourth-order valence-corrected chi connectivity index (χ4v) is 0.609. The van der Waals surface area contributed by atoms with E-state index >= 15 is 0 Å². The first-order valence-electron chi connectivity index (χ1n) is 3.02. The van der Waals surface area contributed by atoms with Crippen LogP contribution < -0.4 is 5.73 Å². The Bertz CT molecular complexity index is 101. The number of aliphatic carboxylic acids is 1. The van der Waals surface area contributed by atoms with E-state index in [1.54, 1.807) is 0 Å². The van der Waals surface area contributed by atoms with Gasteiger partial charge in [0, 0.05) is 0 Å². The van der Waals surface area contributed by atoms with Gasteiger partial charge < -0.3 is 10.8 Å². The van der Waals surface area contributed by atoms with Crippen molar-refractivity contribution in [2.75, 3.05) is 0 Å². The van der Waals surface area contributed by atoms with Crippen LogP contribution in [0.15, 0.2) is 0 Å². The van der Waals surface area contributed by atoms with E-state index < -0.39 is 12.0 Å². The summed E-state index contributed by atoms with van der Waals surface area (Å²) in [7, 11) is 0. The molecule has 0 spiro atoms. The van der Waals surface area contributed by atoms with E-state index in [1.807, 2.05) is 13.8 Å². The Labute approximate surface area is 54.9 Å². The maximum absolute atomic E-state index is 10.1. The Morgan fingerprint density at radius 3 is 2.22 bits per heavy atom. The number of hydrogen-bond acceptors (Lipinski definition) is 2. The average Bonchev–Trinajstić information content (AvgIpc) is 1.63. The molecule has 0 fully saturated rings. The Morgan fingerprint density at radius 2 is 2.11 bits per heavy atom. The van der Waals surface area contributed by atoms with Crippen LogP contribution in [0, 0.1) is 5.92 Å². The van der Waals surface area contributed by atoms with Crippen molar-refractivity contribution in [1.82, 2.24) is 0 Å². The molecule has 0 aromatic carbocycles. The third-order valence-corrected chi connectivity index (χ3v) is 1.04. The second kappa shape index (κ2) is 3.45. The van der Waals surface area contributed by atoms with Gasteiger partial charge in [-0.2, -0.15) is 0 Å². The van der Waals surface area contributed by atoms with Crippen LogP contribution in [0.1, 0.15) is 20.3 Å². The van der Waals surface area contributed by atoms with Crippen molar-refractivity contribution < 1.29 is 9.90 Å². The molecule has 0 aliphatic carbocycles. The fraction of sp³-hybridized carbons (Fsp3) is 0.833. The Balaban J connectivity index is 3.50. The minimum absolute atomic E-state index is 0.357. The van der Waals surface area contributed by atoms with E-state index in [-0.39, 0.29) is 0 Å². The van der Waals surface area contributed by atoms with Gasteiger partial charge in [0.05, 0.1) is 0 Å². The molecule has 0 saturated heterocycles. The topological polar surface area (TPSA) is 63.3 Å². The molecule has 0 bridgehead atoms. The van der Waals surface area contributed by atoms with Gasteiger partial charge in [-0.05, 0) is 12.3 Å². The quantitative estimate of drug-likeness (QED) is 0.548. The van der Waals surface area contributed by atoms with Crippen LogP contribution in [0.2, 0.25) is 0 Å². The van der Waals surface area contributed by atoms with Gasteiger partial charge in [-0.3, -0.25) is 4.79 Å². The first-order valence-corrected chi connectivity index (χ1v) is 3.02. The summed E-state index contributed by atoms with van der Waals surface area (Å²) in [5.74, 6) is -0.556. The lowest BCUT2D eigenvalue weighted by Crippen LogP contribution is -2.31. The van der Waals surface area contributed by atoms with E-state index in [0.717, 1.165) is 0 Å². The van der Waals surface area contributed by atoms with Crippen LogP contribution in [0.5, 0.6) is 0 Å².